The van der Waals surface area contributed by atoms with Gasteiger partial charge in [-0.1, -0.05) is 55.3 Å². The monoisotopic (exact) mass is 570 g/mol. The van der Waals surface area contributed by atoms with Gasteiger partial charge in [-0.15, -0.1) is 42.9 Å². The molecule has 0 aromatic heterocycles. The van der Waals surface area contributed by atoms with E-state index in [0.29, 0.717) is 5.75 Å². The molecule has 0 radical (unpaired) electrons. The second kappa shape index (κ2) is 22.4. The van der Waals surface area contributed by atoms with E-state index in [9.17, 15) is 9.59 Å². The van der Waals surface area contributed by atoms with Crippen LogP contribution in [-0.4, -0.2) is 75.2 Å². The zero-order valence-corrected chi connectivity index (χ0v) is 28.0. The number of nitrogens with one attached hydrogen (secondary N) is 1. The maximum atomic E-state index is 11.8. The average Bonchev–Trinajstić information content (AvgIpc) is 2.97. The molecule has 1 amide bonds. The van der Waals surface area contributed by atoms with Gasteiger partial charge in [-0.3, -0.25) is 15.7 Å². The molecular weight excluding hydrogens is 529 g/mol. The van der Waals surface area contributed by atoms with E-state index in [1.807, 2.05) is 63.4 Å². The quantitative estimate of drug-likeness (QED) is 0.165. The van der Waals surface area contributed by atoms with E-state index in [0.717, 1.165) is 62.2 Å². The molecule has 1 heterocycles. The van der Waals surface area contributed by atoms with E-state index in [1.165, 1.54) is 11.6 Å². The van der Waals surface area contributed by atoms with Crippen molar-refractivity contribution in [2.45, 2.75) is 26.7 Å². The summed E-state index contributed by atoms with van der Waals surface area (Å²) in [6, 6.07) is 13.1. The maximum Gasteiger partial charge on any atom is 1.00 e. The van der Waals surface area contributed by atoms with E-state index in [2.05, 4.69) is 23.6 Å². The van der Waals surface area contributed by atoms with Crippen LogP contribution in [-0.2, 0) is 4.79 Å². The summed E-state index contributed by atoms with van der Waals surface area (Å²) in [4.78, 5) is 25.9. The van der Waals surface area contributed by atoms with Gasteiger partial charge in [0.25, 0.3) is 0 Å². The summed E-state index contributed by atoms with van der Waals surface area (Å²) >= 11 is 0. The zero-order chi connectivity index (χ0) is 29.0. The molecule has 1 saturated heterocycles. The molecule has 0 aliphatic carbocycles. The summed E-state index contributed by atoms with van der Waals surface area (Å²) in [5, 5.41) is 7.64. The van der Waals surface area contributed by atoms with Crippen molar-refractivity contribution in [2.24, 2.45) is 0 Å². The summed E-state index contributed by atoms with van der Waals surface area (Å²) in [5.74, 6) is 1.25. The first-order valence-corrected chi connectivity index (χ1v) is 12.9. The molecule has 0 unspecified atom stereocenters. The first kappa shape index (κ1) is 37.7. The molecule has 2 aromatic rings. The van der Waals surface area contributed by atoms with E-state index < -0.39 is 0 Å². The molecule has 1 fully saturated rings. The number of ether oxygens (including phenoxy) is 2. The third-order valence-electron chi connectivity index (χ3n) is 5.63. The fourth-order valence-electron chi connectivity index (χ4n) is 3.29. The Morgan fingerprint density at radius 3 is 2.20 bits per heavy atom. The number of carbonyl (C=O) groups is 2. The van der Waals surface area contributed by atoms with Crippen LogP contribution in [0.3, 0.4) is 0 Å². The van der Waals surface area contributed by atoms with Crippen LogP contribution in [0.25, 0.3) is 0 Å². The molecule has 1 aliphatic heterocycles. The zero-order valence-electron chi connectivity index (χ0n) is 24.8. The summed E-state index contributed by atoms with van der Waals surface area (Å²) in [6.07, 6.45) is 13.6. The molecule has 8 heteroatoms. The number of aryl methyl sites for hydroxylation is 1. The molecule has 40 heavy (non-hydrogen) atoms. The normalized spacial score (nSPS) is 12.8. The van der Waals surface area contributed by atoms with Crippen LogP contribution in [0.15, 0.2) is 67.3 Å². The number of carbonyl (C=O) groups excluding carboxylic acids is 2. The van der Waals surface area contributed by atoms with Crippen molar-refractivity contribution in [3.63, 3.8) is 0 Å². The van der Waals surface area contributed by atoms with Gasteiger partial charge < -0.3 is 24.7 Å². The largest absolute Gasteiger partial charge is 1.00 e. The number of methoxy groups -OCH3 is 2. The molecule has 1 aliphatic rings. The van der Waals surface area contributed by atoms with Crippen LogP contribution in [0, 0.1) is 24.5 Å². The van der Waals surface area contributed by atoms with Crippen molar-refractivity contribution in [3.8, 4) is 11.5 Å². The van der Waals surface area contributed by atoms with E-state index in [4.69, 9.17) is 14.9 Å². The number of aldehydes is 1. The van der Waals surface area contributed by atoms with Gasteiger partial charge >= 0.3 is 51.4 Å². The van der Waals surface area contributed by atoms with Crippen molar-refractivity contribution in [1.29, 1.82) is 5.41 Å². The Bertz CT molecular complexity index is 1110. The van der Waals surface area contributed by atoms with E-state index >= 15 is 0 Å². The smallest absolute Gasteiger partial charge is 0.503 e. The minimum Gasteiger partial charge on any atom is -0.503 e. The summed E-state index contributed by atoms with van der Waals surface area (Å²) in [5.41, 5.74) is 2.90. The SMILES string of the molecule is C=CC=[C-]c1ccc(OC)c(OC)c1.CCC[C-]=CC(=N)C(=O)N1CCN(C)CC1.Cc1ccc(C=O)cc1.[K+]. The fourth-order valence-corrected chi connectivity index (χ4v) is 3.29. The van der Waals surface area contributed by atoms with Crippen molar-refractivity contribution >= 4 is 17.9 Å². The number of nitrogens with zero attached hydrogens (tertiary/aromatic N) is 2. The Kier molecular flexibility index (Phi) is 21.1. The Labute approximate surface area is 282 Å². The summed E-state index contributed by atoms with van der Waals surface area (Å²) in [7, 11) is 5.27. The van der Waals surface area contributed by atoms with Gasteiger partial charge in [0.05, 0.1) is 14.2 Å². The topological polar surface area (TPSA) is 82.9 Å². The first-order valence-electron chi connectivity index (χ1n) is 12.9. The molecule has 1 N–H and O–H groups in total. The van der Waals surface area contributed by atoms with Gasteiger partial charge in [-0.25, -0.2) is 6.08 Å². The van der Waals surface area contributed by atoms with Crippen LogP contribution in [0.1, 0.15) is 41.3 Å². The van der Waals surface area contributed by atoms with E-state index in [1.54, 1.807) is 31.3 Å². The standard InChI is InChI=1S/C12H20N3O.C12H13O2.C8H8O.K/c1-3-4-5-6-11(13)12(16)15-9-7-14(2)8-10-15;1-4-5-6-10-7-8-11(13-2)12(9-10)14-3;1-7-2-4-8(6-9)5-3-7;/h6,13H,3-4,7-10H2,1-2H3;4-5,7-9H,1H2,2-3H3;2-6H,1H3;/q2*-1;;+1. The minimum absolute atomic E-state index is 0. The van der Waals surface area contributed by atoms with Gasteiger partial charge in [0.2, 0.25) is 0 Å². The number of amides is 1. The summed E-state index contributed by atoms with van der Waals surface area (Å²) in [6.45, 7) is 10.8. The average molecular weight is 571 g/mol. The number of allylic oxidation sites excluding steroid dienone is 3. The van der Waals surface area contributed by atoms with Gasteiger partial charge in [0.1, 0.15) is 17.8 Å². The number of piperazine rings is 1. The Morgan fingerprint density at radius 2 is 1.68 bits per heavy atom. The Balaban J connectivity index is 0.000000583. The number of benzene rings is 2. The van der Waals surface area contributed by atoms with Crippen LogP contribution in [0.2, 0.25) is 0 Å². The van der Waals surface area contributed by atoms with Crippen LogP contribution in [0.5, 0.6) is 11.5 Å². The molecule has 0 bridgehead atoms. The number of likely N-dealkylation sites (N-methyl/N-ethyl adjacent to an activating group) is 1. The van der Waals surface area contributed by atoms with Gasteiger partial charge in [-0.2, -0.15) is 0 Å². The first-order chi connectivity index (χ1) is 18.8. The molecule has 210 valence electrons. The Morgan fingerprint density at radius 1 is 1.05 bits per heavy atom. The van der Waals surface area contributed by atoms with Crippen LogP contribution >= 0.6 is 0 Å². The molecule has 7 nitrogen and oxygen atoms in total. The van der Waals surface area contributed by atoms with Crippen LogP contribution < -0.4 is 60.9 Å². The second-order valence-electron chi connectivity index (χ2n) is 8.75. The minimum atomic E-state index is -0.170. The number of hydrogen-bond donors (Lipinski definition) is 1. The molecular formula is C32H41KN3O4-. The molecule has 0 spiro atoms. The summed E-state index contributed by atoms with van der Waals surface area (Å²) < 4.78 is 10.3. The van der Waals surface area contributed by atoms with Crippen molar-refractivity contribution in [3.05, 3.63) is 96.1 Å². The number of unbranched alkanes of at least 4 members (excludes halogenated alkanes) is 1. The van der Waals surface area contributed by atoms with E-state index in [-0.39, 0.29) is 63.0 Å². The fraction of sp³-hybridized carbons (Fsp3) is 0.344. The predicted octanol–water partition coefficient (Wildman–Crippen LogP) is 2.35. The second-order valence-corrected chi connectivity index (χ2v) is 8.75. The molecule has 2 aromatic carbocycles. The van der Waals surface area contributed by atoms with Gasteiger partial charge in [-0.05, 0) is 19.7 Å². The maximum absolute atomic E-state index is 11.8. The predicted molar refractivity (Wildman–Crippen MR) is 158 cm³/mol. The van der Waals surface area contributed by atoms with Crippen molar-refractivity contribution in [2.75, 3.05) is 47.4 Å². The Hall–Kier alpha value is -2.33. The molecule has 0 saturated carbocycles. The third-order valence-corrected chi connectivity index (χ3v) is 5.63. The third kappa shape index (κ3) is 14.9. The van der Waals surface area contributed by atoms with Gasteiger partial charge in [0, 0.05) is 31.7 Å². The number of rotatable bonds is 9. The van der Waals surface area contributed by atoms with Gasteiger partial charge in [0.15, 0.2) is 5.91 Å². The van der Waals surface area contributed by atoms with Crippen molar-refractivity contribution < 1.29 is 70.4 Å². The van der Waals surface area contributed by atoms with Crippen LogP contribution in [0.4, 0.5) is 0 Å². The number of hydrogen-bond acceptors (Lipinski definition) is 6. The molecule has 3 rings (SSSR count). The van der Waals surface area contributed by atoms with Crippen molar-refractivity contribution in [1.82, 2.24) is 9.80 Å². The molecule has 0 atom stereocenters.